The van der Waals surface area contributed by atoms with Gasteiger partial charge < -0.3 is 9.88 Å². The summed E-state index contributed by atoms with van der Waals surface area (Å²) >= 11 is 1.94. The van der Waals surface area contributed by atoms with Gasteiger partial charge in [-0.3, -0.25) is 0 Å². The molecular weight excluding hydrogens is 745 g/mol. The van der Waals surface area contributed by atoms with E-state index in [0.717, 1.165) is 18.5 Å². The van der Waals surface area contributed by atoms with Gasteiger partial charge in [-0.05, 0) is 98.5 Å². The zero-order valence-electron chi connectivity index (χ0n) is 33.7. The lowest BCUT2D eigenvalue weighted by atomic mass is 9.89. The number of hydrogen-bond donors (Lipinski definition) is 1. The molecule has 0 amide bonds. The van der Waals surface area contributed by atoms with Crippen LogP contribution in [0.2, 0.25) is 0 Å². The van der Waals surface area contributed by atoms with Gasteiger partial charge in [0.15, 0.2) is 0 Å². The van der Waals surface area contributed by atoms with Crippen molar-refractivity contribution in [3.05, 3.63) is 193 Å². The molecule has 2 heterocycles. The smallest absolute Gasteiger partial charge is 0.0640 e. The van der Waals surface area contributed by atoms with E-state index in [1.54, 1.807) is 0 Å². The van der Waals surface area contributed by atoms with E-state index in [9.17, 15) is 0 Å². The SMILES string of the molecule is CC(C)c1cc(N(c2ccc(-c3ccccc3)cc2)c2cccc3c2sc2c3c3ccccc3c3[nH]c4c5ccccc5c5ccccc5c4c32)ccc1C1=CCCC=C1. The molecule has 0 saturated carbocycles. The number of nitrogens with zero attached hydrogens (tertiary/aromatic N) is 1. The molecule has 0 unspecified atom stereocenters. The second-order valence-electron chi connectivity index (χ2n) is 16.5. The van der Waals surface area contributed by atoms with Gasteiger partial charge in [0.25, 0.3) is 0 Å². The van der Waals surface area contributed by atoms with Gasteiger partial charge in [-0.2, -0.15) is 0 Å². The van der Waals surface area contributed by atoms with E-state index in [-0.39, 0.29) is 0 Å². The van der Waals surface area contributed by atoms with Gasteiger partial charge in [0.05, 0.1) is 21.4 Å². The van der Waals surface area contributed by atoms with Crippen LogP contribution < -0.4 is 4.90 Å². The van der Waals surface area contributed by atoms with Crippen molar-refractivity contribution in [1.29, 1.82) is 0 Å². The van der Waals surface area contributed by atoms with E-state index in [2.05, 4.69) is 206 Å². The molecule has 9 aromatic carbocycles. The second-order valence-corrected chi connectivity index (χ2v) is 17.6. The Morgan fingerprint density at radius 2 is 1.10 bits per heavy atom. The molecule has 3 heteroatoms. The summed E-state index contributed by atoms with van der Waals surface area (Å²) in [6.45, 7) is 4.65. The summed E-state index contributed by atoms with van der Waals surface area (Å²) in [5, 5.41) is 12.9. The van der Waals surface area contributed by atoms with Crippen LogP contribution >= 0.6 is 11.3 Å². The fourth-order valence-electron chi connectivity index (χ4n) is 10.0. The molecule has 1 aliphatic carbocycles. The molecule has 1 aliphatic rings. The average Bonchev–Trinajstić information content (AvgIpc) is 3.91. The summed E-state index contributed by atoms with van der Waals surface area (Å²) in [5.41, 5.74) is 12.4. The number of hydrogen-bond acceptors (Lipinski definition) is 2. The van der Waals surface area contributed by atoms with Crippen molar-refractivity contribution in [3.8, 4) is 11.1 Å². The minimum atomic E-state index is 0.353. The first kappa shape index (κ1) is 35.0. The van der Waals surface area contributed by atoms with Gasteiger partial charge >= 0.3 is 0 Å². The van der Waals surface area contributed by atoms with Crippen LogP contribution in [0.5, 0.6) is 0 Å². The maximum atomic E-state index is 4.04. The van der Waals surface area contributed by atoms with Gasteiger partial charge in [-0.25, -0.2) is 0 Å². The third-order valence-corrected chi connectivity index (χ3v) is 14.0. The number of H-pyrrole nitrogens is 1. The maximum absolute atomic E-state index is 4.04. The standard InChI is InChI=1S/C57H42N2S/c1-35(2)49-34-40(32-33-41(49)38-18-7-4-8-19-38)59(39-30-28-37(29-31-39)36-16-5-3-6-17-36)50-27-15-26-48-51-45-23-12-14-25-47(45)55-53(57(51)60-56(48)50)52-44-22-11-9-20-42(44)43-21-10-13-24-46(43)54(52)58-55/h3,5-7,9-35,58H,4,8H2,1-2H3. The second kappa shape index (κ2) is 13.8. The van der Waals surface area contributed by atoms with Gasteiger partial charge in [0, 0.05) is 48.4 Å². The Morgan fingerprint density at radius 3 is 1.82 bits per heavy atom. The molecule has 0 atom stereocenters. The molecule has 2 nitrogen and oxygen atoms in total. The highest BCUT2D eigenvalue weighted by Gasteiger charge is 2.25. The molecule has 0 bridgehead atoms. The lowest BCUT2D eigenvalue weighted by molar-refractivity contribution is 0.862. The van der Waals surface area contributed by atoms with Crippen LogP contribution in [-0.4, -0.2) is 4.98 Å². The van der Waals surface area contributed by atoms with E-state index in [1.807, 2.05) is 11.3 Å². The number of benzene rings is 9. The normalized spacial score (nSPS) is 13.2. The zero-order chi connectivity index (χ0) is 39.9. The fourth-order valence-corrected chi connectivity index (χ4v) is 11.4. The molecule has 0 saturated heterocycles. The quantitative estimate of drug-likeness (QED) is 0.166. The lowest BCUT2D eigenvalue weighted by Crippen LogP contribution is -2.11. The molecule has 286 valence electrons. The van der Waals surface area contributed by atoms with E-state index in [4.69, 9.17) is 0 Å². The predicted octanol–water partition coefficient (Wildman–Crippen LogP) is 17.1. The largest absolute Gasteiger partial charge is 0.353 e. The van der Waals surface area contributed by atoms with E-state index in [0.29, 0.717) is 5.92 Å². The maximum Gasteiger partial charge on any atom is 0.0640 e. The third-order valence-electron chi connectivity index (χ3n) is 12.8. The Morgan fingerprint density at radius 1 is 0.500 bits per heavy atom. The molecule has 0 aliphatic heterocycles. The van der Waals surface area contributed by atoms with Crippen molar-refractivity contribution in [1.82, 2.24) is 4.98 Å². The molecule has 1 N–H and O–H groups in total. The van der Waals surface area contributed by atoms with Crippen molar-refractivity contribution in [2.24, 2.45) is 0 Å². The first-order chi connectivity index (χ1) is 29.6. The van der Waals surface area contributed by atoms with Crippen LogP contribution in [-0.2, 0) is 0 Å². The lowest BCUT2D eigenvalue weighted by Gasteiger charge is -2.28. The molecular formula is C57H42N2S. The van der Waals surface area contributed by atoms with Gasteiger partial charge in [-0.15, -0.1) is 11.3 Å². The van der Waals surface area contributed by atoms with Crippen molar-refractivity contribution < 1.29 is 0 Å². The van der Waals surface area contributed by atoms with Crippen LogP contribution in [0, 0.1) is 0 Å². The highest BCUT2D eigenvalue weighted by atomic mass is 32.1. The first-order valence-electron chi connectivity index (χ1n) is 21.2. The van der Waals surface area contributed by atoms with Gasteiger partial charge in [0.1, 0.15) is 0 Å². The first-order valence-corrected chi connectivity index (χ1v) is 22.0. The zero-order valence-corrected chi connectivity index (χ0v) is 34.5. The predicted molar refractivity (Wildman–Crippen MR) is 262 cm³/mol. The third kappa shape index (κ3) is 5.32. The highest BCUT2D eigenvalue weighted by Crippen LogP contribution is 2.52. The van der Waals surface area contributed by atoms with Crippen LogP contribution in [0.3, 0.4) is 0 Å². The van der Waals surface area contributed by atoms with E-state index >= 15 is 0 Å². The summed E-state index contributed by atoms with van der Waals surface area (Å²) in [7, 11) is 0. The number of allylic oxidation sites excluding steroid dienone is 4. The van der Waals surface area contributed by atoms with Crippen LogP contribution in [0.1, 0.15) is 43.7 Å². The number of anilines is 3. The summed E-state index contributed by atoms with van der Waals surface area (Å²) in [4.78, 5) is 6.54. The number of rotatable bonds is 6. The van der Waals surface area contributed by atoms with Gasteiger partial charge in [0.2, 0.25) is 0 Å². The molecule has 12 rings (SSSR count). The van der Waals surface area contributed by atoms with Crippen molar-refractivity contribution in [3.63, 3.8) is 0 Å². The summed E-state index contributed by atoms with van der Waals surface area (Å²) in [6.07, 6.45) is 9.22. The number of aromatic nitrogens is 1. The van der Waals surface area contributed by atoms with Crippen LogP contribution in [0.25, 0.3) is 91.0 Å². The highest BCUT2D eigenvalue weighted by molar-refractivity contribution is 7.27. The molecule has 0 spiro atoms. The Bertz CT molecular complexity index is 3560. The minimum Gasteiger partial charge on any atom is -0.353 e. The average molecular weight is 787 g/mol. The fraction of sp³-hybridized carbons (Fsp3) is 0.0877. The topological polar surface area (TPSA) is 19.0 Å². The van der Waals surface area contributed by atoms with E-state index < -0.39 is 0 Å². The minimum absolute atomic E-state index is 0.353. The Labute approximate surface area is 353 Å². The number of aromatic amines is 1. The summed E-state index contributed by atoms with van der Waals surface area (Å²) < 4.78 is 2.61. The van der Waals surface area contributed by atoms with Crippen molar-refractivity contribution >= 4 is 108 Å². The van der Waals surface area contributed by atoms with Gasteiger partial charge in [-0.1, -0.05) is 166 Å². The molecule has 60 heavy (non-hydrogen) atoms. The molecule has 11 aromatic rings. The Kier molecular flexibility index (Phi) is 8.08. The summed E-state index contributed by atoms with van der Waals surface area (Å²) in [6, 6.07) is 60.8. The number of nitrogens with one attached hydrogen (secondary N) is 1. The van der Waals surface area contributed by atoms with Crippen LogP contribution in [0.4, 0.5) is 17.1 Å². The monoisotopic (exact) mass is 786 g/mol. The Balaban J connectivity index is 1.17. The molecule has 0 radical (unpaired) electrons. The van der Waals surface area contributed by atoms with Crippen molar-refractivity contribution in [2.75, 3.05) is 4.90 Å². The number of fused-ring (bicyclic) bond motifs is 15. The van der Waals surface area contributed by atoms with E-state index in [1.165, 1.54) is 113 Å². The molecule has 2 aromatic heterocycles. The number of thiophene rings is 1. The Hall–Kier alpha value is -6.94. The van der Waals surface area contributed by atoms with Crippen molar-refractivity contribution in [2.45, 2.75) is 32.6 Å². The summed E-state index contributed by atoms with van der Waals surface area (Å²) in [5.74, 6) is 0.353. The molecule has 0 fully saturated rings. The van der Waals surface area contributed by atoms with Crippen LogP contribution in [0.15, 0.2) is 182 Å².